The van der Waals surface area contributed by atoms with E-state index in [1.54, 1.807) is 18.3 Å². The minimum Gasteiger partial charge on any atom is -0.340 e. The van der Waals surface area contributed by atoms with Crippen molar-refractivity contribution in [1.82, 2.24) is 20.2 Å². The predicted molar refractivity (Wildman–Crippen MR) is 78.9 cm³/mol. The van der Waals surface area contributed by atoms with E-state index in [1.165, 1.54) is 12.4 Å². The van der Waals surface area contributed by atoms with Gasteiger partial charge in [0.25, 0.3) is 0 Å². The molecule has 21 heavy (non-hydrogen) atoms. The van der Waals surface area contributed by atoms with E-state index in [9.17, 15) is 4.39 Å². The first-order chi connectivity index (χ1) is 10.3. The molecule has 102 valence electrons. The summed E-state index contributed by atoms with van der Waals surface area (Å²) in [4.78, 5) is 8.18. The lowest BCUT2D eigenvalue weighted by atomic mass is 10.2. The molecular weight excluding hydrogens is 269 g/mol. The number of H-pyrrole nitrogens is 1. The summed E-state index contributed by atoms with van der Waals surface area (Å²) in [6.07, 6.45) is 3.11. The number of anilines is 2. The second-order valence-corrected chi connectivity index (χ2v) is 4.66. The smallest absolute Gasteiger partial charge is 0.149 e. The average molecular weight is 279 g/mol. The van der Waals surface area contributed by atoms with E-state index < -0.39 is 0 Å². The number of benzene rings is 2. The van der Waals surface area contributed by atoms with Crippen LogP contribution >= 0.6 is 0 Å². The first-order valence-corrected chi connectivity index (χ1v) is 6.41. The quantitative estimate of drug-likeness (QED) is 0.590. The molecule has 0 atom stereocenters. The van der Waals surface area contributed by atoms with Crippen molar-refractivity contribution < 1.29 is 4.39 Å². The number of nitrogens with one attached hydrogen (secondary N) is 2. The molecule has 2 N–H and O–H groups in total. The summed E-state index contributed by atoms with van der Waals surface area (Å²) >= 11 is 0. The first-order valence-electron chi connectivity index (χ1n) is 6.41. The van der Waals surface area contributed by atoms with Gasteiger partial charge in [0.2, 0.25) is 0 Å². The molecule has 0 aliphatic carbocycles. The van der Waals surface area contributed by atoms with Crippen molar-refractivity contribution in [2.24, 2.45) is 0 Å². The maximum atomic E-state index is 13.7. The molecule has 0 fully saturated rings. The Bertz CT molecular complexity index is 947. The van der Waals surface area contributed by atoms with Crippen molar-refractivity contribution in [2.45, 2.75) is 0 Å². The first kappa shape index (κ1) is 11.8. The van der Waals surface area contributed by atoms with E-state index in [1.807, 2.05) is 18.2 Å². The van der Waals surface area contributed by atoms with E-state index in [-0.39, 0.29) is 5.82 Å². The van der Waals surface area contributed by atoms with Crippen LogP contribution in [0, 0.1) is 5.82 Å². The van der Waals surface area contributed by atoms with Gasteiger partial charge in [0.1, 0.15) is 23.5 Å². The third-order valence-electron chi connectivity index (χ3n) is 3.32. The molecule has 2 heterocycles. The number of hydrogen-bond donors (Lipinski definition) is 2. The minimum atomic E-state index is -0.359. The molecule has 4 rings (SSSR count). The largest absolute Gasteiger partial charge is 0.340 e. The molecule has 0 saturated carbocycles. The van der Waals surface area contributed by atoms with E-state index in [4.69, 9.17) is 0 Å². The standard InChI is InChI=1S/C15H10FN5/c16-12-3-1-2-11-14(12)17-8-18-15(11)20-10-5-4-9-7-19-21-13(9)6-10/h1-8H,(H,19,21)(H,17,18,20). The lowest BCUT2D eigenvalue weighted by Gasteiger charge is -2.08. The lowest BCUT2D eigenvalue weighted by molar-refractivity contribution is 0.636. The van der Waals surface area contributed by atoms with Gasteiger partial charge in [0, 0.05) is 16.5 Å². The number of para-hydroxylation sites is 1. The van der Waals surface area contributed by atoms with E-state index >= 15 is 0 Å². The summed E-state index contributed by atoms with van der Waals surface area (Å²) in [5.74, 6) is 0.209. The Labute approximate surface area is 118 Å². The molecule has 0 saturated heterocycles. The molecule has 0 radical (unpaired) electrons. The molecule has 0 aliphatic heterocycles. The molecule has 0 bridgehead atoms. The minimum absolute atomic E-state index is 0.303. The molecule has 0 spiro atoms. The predicted octanol–water partition coefficient (Wildman–Crippen LogP) is 3.39. The third-order valence-corrected chi connectivity index (χ3v) is 3.32. The zero-order valence-electron chi connectivity index (χ0n) is 10.8. The highest BCUT2D eigenvalue weighted by Gasteiger charge is 2.08. The molecule has 6 heteroatoms. The van der Waals surface area contributed by atoms with Crippen LogP contribution in [-0.2, 0) is 0 Å². The van der Waals surface area contributed by atoms with Gasteiger partial charge in [-0.1, -0.05) is 6.07 Å². The summed E-state index contributed by atoms with van der Waals surface area (Å²) < 4.78 is 13.7. The Kier molecular flexibility index (Phi) is 2.53. The lowest BCUT2D eigenvalue weighted by Crippen LogP contribution is -1.97. The average Bonchev–Trinajstić information content (AvgIpc) is 2.96. The van der Waals surface area contributed by atoms with Crippen LogP contribution in [0.5, 0.6) is 0 Å². The van der Waals surface area contributed by atoms with Crippen LogP contribution in [0.1, 0.15) is 0 Å². The maximum Gasteiger partial charge on any atom is 0.149 e. The fourth-order valence-electron chi connectivity index (χ4n) is 2.30. The van der Waals surface area contributed by atoms with Crippen LogP contribution in [0.4, 0.5) is 15.9 Å². The molecule has 0 unspecified atom stereocenters. The molecular formula is C15H10FN5. The molecule has 4 aromatic rings. The van der Waals surface area contributed by atoms with Gasteiger partial charge in [0.05, 0.1) is 11.7 Å². The van der Waals surface area contributed by atoms with Gasteiger partial charge in [-0.15, -0.1) is 0 Å². The highest BCUT2D eigenvalue weighted by molar-refractivity contribution is 5.92. The van der Waals surface area contributed by atoms with Crippen molar-refractivity contribution in [3.05, 3.63) is 54.7 Å². The van der Waals surface area contributed by atoms with Crippen LogP contribution in [0.3, 0.4) is 0 Å². The van der Waals surface area contributed by atoms with Crippen molar-refractivity contribution in [3.8, 4) is 0 Å². The van der Waals surface area contributed by atoms with Gasteiger partial charge in [-0.25, -0.2) is 14.4 Å². The molecule has 0 aliphatic rings. The van der Waals surface area contributed by atoms with Crippen LogP contribution in [-0.4, -0.2) is 20.2 Å². The van der Waals surface area contributed by atoms with Crippen LogP contribution in [0.2, 0.25) is 0 Å². The van der Waals surface area contributed by atoms with Gasteiger partial charge in [-0.3, -0.25) is 5.10 Å². The zero-order chi connectivity index (χ0) is 14.2. The second kappa shape index (κ2) is 4.52. The topological polar surface area (TPSA) is 66.5 Å². The molecule has 0 amide bonds. The Hall–Kier alpha value is -3.02. The van der Waals surface area contributed by atoms with Gasteiger partial charge in [0.15, 0.2) is 0 Å². The number of halogens is 1. The normalized spacial score (nSPS) is 11.1. The summed E-state index contributed by atoms with van der Waals surface area (Å²) in [7, 11) is 0. The Morgan fingerprint density at radius 2 is 2.05 bits per heavy atom. The Balaban J connectivity index is 1.81. The van der Waals surface area contributed by atoms with Crippen molar-refractivity contribution in [1.29, 1.82) is 0 Å². The Morgan fingerprint density at radius 3 is 3.00 bits per heavy atom. The van der Waals surface area contributed by atoms with Crippen molar-refractivity contribution in [2.75, 3.05) is 5.32 Å². The highest BCUT2D eigenvalue weighted by atomic mass is 19.1. The number of rotatable bonds is 2. The summed E-state index contributed by atoms with van der Waals surface area (Å²) in [5.41, 5.74) is 2.07. The fraction of sp³-hybridized carbons (Fsp3) is 0. The van der Waals surface area contributed by atoms with E-state index in [0.29, 0.717) is 16.7 Å². The molecule has 2 aromatic heterocycles. The van der Waals surface area contributed by atoms with Crippen LogP contribution < -0.4 is 5.32 Å². The SMILES string of the molecule is Fc1cccc2c(Nc3ccc4cn[nH]c4c3)ncnc12. The van der Waals surface area contributed by atoms with Crippen LogP contribution in [0.15, 0.2) is 48.9 Å². The van der Waals surface area contributed by atoms with Gasteiger partial charge in [-0.05, 0) is 30.3 Å². The second-order valence-electron chi connectivity index (χ2n) is 4.66. The summed E-state index contributed by atoms with van der Waals surface area (Å²) in [6.45, 7) is 0. The van der Waals surface area contributed by atoms with Crippen molar-refractivity contribution >= 4 is 33.3 Å². The number of aromatic amines is 1. The van der Waals surface area contributed by atoms with Gasteiger partial charge >= 0.3 is 0 Å². The number of nitrogens with zero attached hydrogens (tertiary/aromatic N) is 3. The number of aromatic nitrogens is 4. The van der Waals surface area contributed by atoms with Gasteiger partial charge < -0.3 is 5.32 Å². The summed E-state index contributed by atoms with van der Waals surface area (Å²) in [6, 6.07) is 10.6. The fourth-order valence-corrected chi connectivity index (χ4v) is 2.30. The maximum absolute atomic E-state index is 13.7. The molecule has 2 aromatic carbocycles. The van der Waals surface area contributed by atoms with Crippen molar-refractivity contribution in [3.63, 3.8) is 0 Å². The van der Waals surface area contributed by atoms with E-state index in [0.717, 1.165) is 16.6 Å². The number of hydrogen-bond acceptors (Lipinski definition) is 4. The highest BCUT2D eigenvalue weighted by Crippen LogP contribution is 2.25. The van der Waals surface area contributed by atoms with Crippen LogP contribution in [0.25, 0.3) is 21.8 Å². The van der Waals surface area contributed by atoms with Gasteiger partial charge in [-0.2, -0.15) is 5.10 Å². The molecule has 5 nitrogen and oxygen atoms in total. The Morgan fingerprint density at radius 1 is 1.10 bits per heavy atom. The van der Waals surface area contributed by atoms with E-state index in [2.05, 4.69) is 25.5 Å². The third kappa shape index (κ3) is 1.97. The zero-order valence-corrected chi connectivity index (χ0v) is 10.8. The summed E-state index contributed by atoms with van der Waals surface area (Å²) in [5, 5.41) is 11.8. The monoisotopic (exact) mass is 279 g/mol. The number of fused-ring (bicyclic) bond motifs is 2.